The molecule has 0 saturated carbocycles. The van der Waals surface area contributed by atoms with E-state index in [9.17, 15) is 4.39 Å². The maximum absolute atomic E-state index is 13.0. The molecule has 1 aromatic carbocycles. The molecule has 0 aromatic heterocycles. The predicted octanol–water partition coefficient (Wildman–Crippen LogP) is 4.36. The van der Waals surface area contributed by atoms with Crippen molar-refractivity contribution in [2.24, 2.45) is 0 Å². The molecule has 0 spiro atoms. The second-order valence-electron chi connectivity index (χ2n) is 4.41. The van der Waals surface area contributed by atoms with Gasteiger partial charge in [0.15, 0.2) is 0 Å². The summed E-state index contributed by atoms with van der Waals surface area (Å²) in [6, 6.07) is 5.06. The van der Waals surface area contributed by atoms with Gasteiger partial charge in [0.2, 0.25) is 0 Å². The van der Waals surface area contributed by atoms with Crippen LogP contribution < -0.4 is 5.32 Å². The standard InChI is InChI=1S/C14H21ClFN/c1-4-6-14(17-5-2)10(3)12-8-7-11(16)9-13(12)15/h7-10,14,17H,4-6H2,1-3H3. The van der Waals surface area contributed by atoms with E-state index < -0.39 is 0 Å². The molecule has 96 valence electrons. The van der Waals surface area contributed by atoms with E-state index in [4.69, 9.17) is 11.6 Å². The summed E-state index contributed by atoms with van der Waals surface area (Å²) in [6.45, 7) is 7.35. The third-order valence-corrected chi connectivity index (χ3v) is 3.45. The summed E-state index contributed by atoms with van der Waals surface area (Å²) in [5, 5.41) is 4.00. The van der Waals surface area contributed by atoms with Gasteiger partial charge in [-0.25, -0.2) is 4.39 Å². The van der Waals surface area contributed by atoms with E-state index >= 15 is 0 Å². The summed E-state index contributed by atoms with van der Waals surface area (Å²) in [5.74, 6) is 0.0180. The summed E-state index contributed by atoms with van der Waals surface area (Å²) < 4.78 is 13.0. The quantitative estimate of drug-likeness (QED) is 0.798. The van der Waals surface area contributed by atoms with Crippen molar-refractivity contribution in [2.75, 3.05) is 6.54 Å². The summed E-state index contributed by atoms with van der Waals surface area (Å²) in [5.41, 5.74) is 1.02. The Balaban J connectivity index is 2.88. The summed E-state index contributed by atoms with van der Waals surface area (Å²) in [7, 11) is 0. The zero-order valence-corrected chi connectivity index (χ0v) is 11.5. The maximum Gasteiger partial charge on any atom is 0.124 e. The molecule has 0 aliphatic heterocycles. The van der Waals surface area contributed by atoms with E-state index in [1.54, 1.807) is 6.07 Å². The fraction of sp³-hybridized carbons (Fsp3) is 0.571. The average Bonchev–Trinajstić information content (AvgIpc) is 2.28. The second kappa shape index (κ2) is 6.97. The van der Waals surface area contributed by atoms with Crippen LogP contribution in [-0.2, 0) is 0 Å². The fourth-order valence-electron chi connectivity index (χ4n) is 2.19. The molecule has 0 fully saturated rings. The van der Waals surface area contributed by atoms with Crippen molar-refractivity contribution < 1.29 is 4.39 Å². The lowest BCUT2D eigenvalue weighted by atomic mass is 9.90. The van der Waals surface area contributed by atoms with Crippen LogP contribution in [0.25, 0.3) is 0 Å². The molecule has 0 aliphatic rings. The number of hydrogen-bond acceptors (Lipinski definition) is 1. The van der Waals surface area contributed by atoms with Gasteiger partial charge in [0.25, 0.3) is 0 Å². The molecule has 0 bridgehead atoms. The van der Waals surface area contributed by atoms with Gasteiger partial charge < -0.3 is 5.32 Å². The monoisotopic (exact) mass is 257 g/mol. The molecule has 17 heavy (non-hydrogen) atoms. The zero-order valence-electron chi connectivity index (χ0n) is 10.8. The molecule has 1 aromatic rings. The van der Waals surface area contributed by atoms with Crippen LogP contribution in [-0.4, -0.2) is 12.6 Å². The fourth-order valence-corrected chi connectivity index (χ4v) is 2.53. The Kier molecular flexibility index (Phi) is 5.93. The number of benzene rings is 1. The van der Waals surface area contributed by atoms with Crippen molar-refractivity contribution in [2.45, 2.75) is 45.6 Å². The smallest absolute Gasteiger partial charge is 0.124 e. The van der Waals surface area contributed by atoms with Crippen LogP contribution in [0.5, 0.6) is 0 Å². The number of hydrogen-bond donors (Lipinski definition) is 1. The van der Waals surface area contributed by atoms with Crippen LogP contribution in [0.3, 0.4) is 0 Å². The summed E-state index contributed by atoms with van der Waals surface area (Å²) >= 11 is 6.10. The van der Waals surface area contributed by atoms with Crippen molar-refractivity contribution in [3.63, 3.8) is 0 Å². The molecule has 0 radical (unpaired) electrons. The lowest BCUT2D eigenvalue weighted by molar-refractivity contribution is 0.429. The van der Waals surface area contributed by atoms with E-state index in [1.165, 1.54) is 12.1 Å². The molecule has 0 heterocycles. The highest BCUT2D eigenvalue weighted by atomic mass is 35.5. The van der Waals surface area contributed by atoms with Gasteiger partial charge in [0, 0.05) is 11.1 Å². The van der Waals surface area contributed by atoms with Gasteiger partial charge in [0.05, 0.1) is 0 Å². The lowest BCUT2D eigenvalue weighted by Gasteiger charge is -2.25. The van der Waals surface area contributed by atoms with Crippen LogP contribution >= 0.6 is 11.6 Å². The van der Waals surface area contributed by atoms with Gasteiger partial charge in [-0.1, -0.05) is 44.9 Å². The van der Waals surface area contributed by atoms with Gasteiger partial charge >= 0.3 is 0 Å². The Morgan fingerprint density at radius 1 is 1.35 bits per heavy atom. The molecule has 0 amide bonds. The highest BCUT2D eigenvalue weighted by Gasteiger charge is 2.19. The van der Waals surface area contributed by atoms with E-state index in [2.05, 4.69) is 26.1 Å². The number of likely N-dealkylation sites (N-methyl/N-ethyl adjacent to an activating group) is 1. The van der Waals surface area contributed by atoms with Crippen molar-refractivity contribution in [1.29, 1.82) is 0 Å². The molecular formula is C14H21ClFN. The SMILES string of the molecule is CCCC(NCC)C(C)c1ccc(F)cc1Cl. The molecule has 1 nitrogen and oxygen atoms in total. The molecule has 2 unspecified atom stereocenters. The highest BCUT2D eigenvalue weighted by molar-refractivity contribution is 6.31. The van der Waals surface area contributed by atoms with Crippen LogP contribution in [0.4, 0.5) is 4.39 Å². The molecule has 2 atom stereocenters. The number of rotatable bonds is 6. The second-order valence-corrected chi connectivity index (χ2v) is 4.81. The van der Waals surface area contributed by atoms with E-state index in [0.717, 1.165) is 24.9 Å². The first-order valence-electron chi connectivity index (χ1n) is 6.28. The minimum atomic E-state index is -0.276. The Morgan fingerprint density at radius 2 is 2.06 bits per heavy atom. The Bertz CT molecular complexity index is 348. The molecule has 1 rings (SSSR count). The summed E-state index contributed by atoms with van der Waals surface area (Å²) in [4.78, 5) is 0. The number of halogens is 2. The van der Waals surface area contributed by atoms with Crippen LogP contribution in [0.2, 0.25) is 5.02 Å². The van der Waals surface area contributed by atoms with Crippen LogP contribution in [0.15, 0.2) is 18.2 Å². The minimum Gasteiger partial charge on any atom is -0.314 e. The minimum absolute atomic E-state index is 0.276. The Morgan fingerprint density at radius 3 is 2.59 bits per heavy atom. The molecule has 0 aliphatic carbocycles. The first-order valence-corrected chi connectivity index (χ1v) is 6.66. The lowest BCUT2D eigenvalue weighted by Crippen LogP contribution is -2.33. The molecule has 0 saturated heterocycles. The van der Waals surface area contributed by atoms with Crippen molar-refractivity contribution in [3.8, 4) is 0 Å². The molecule has 3 heteroatoms. The van der Waals surface area contributed by atoms with Gasteiger partial charge in [-0.15, -0.1) is 0 Å². The van der Waals surface area contributed by atoms with Gasteiger partial charge in [-0.2, -0.15) is 0 Å². The first kappa shape index (κ1) is 14.5. The van der Waals surface area contributed by atoms with Gasteiger partial charge in [0.1, 0.15) is 5.82 Å². The van der Waals surface area contributed by atoms with Crippen molar-refractivity contribution >= 4 is 11.6 Å². The third-order valence-electron chi connectivity index (χ3n) is 3.12. The first-order chi connectivity index (χ1) is 8.10. The number of nitrogens with one attached hydrogen (secondary N) is 1. The average molecular weight is 258 g/mol. The van der Waals surface area contributed by atoms with Crippen LogP contribution in [0.1, 0.15) is 45.1 Å². The van der Waals surface area contributed by atoms with Gasteiger partial charge in [-0.05, 0) is 36.6 Å². The highest BCUT2D eigenvalue weighted by Crippen LogP contribution is 2.29. The molecular weight excluding hydrogens is 237 g/mol. The summed E-state index contributed by atoms with van der Waals surface area (Å²) in [6.07, 6.45) is 2.23. The topological polar surface area (TPSA) is 12.0 Å². The predicted molar refractivity (Wildman–Crippen MR) is 72.2 cm³/mol. The van der Waals surface area contributed by atoms with E-state index in [-0.39, 0.29) is 5.82 Å². The zero-order chi connectivity index (χ0) is 12.8. The Hall–Kier alpha value is -0.600. The van der Waals surface area contributed by atoms with Gasteiger partial charge in [-0.3, -0.25) is 0 Å². The van der Waals surface area contributed by atoms with E-state index in [1.807, 2.05) is 0 Å². The normalized spacial score (nSPS) is 14.6. The van der Waals surface area contributed by atoms with Crippen molar-refractivity contribution in [1.82, 2.24) is 5.32 Å². The van der Waals surface area contributed by atoms with Crippen LogP contribution in [0, 0.1) is 5.82 Å². The Labute approximate surface area is 108 Å². The molecule has 1 N–H and O–H groups in total. The van der Waals surface area contributed by atoms with Crippen molar-refractivity contribution in [3.05, 3.63) is 34.6 Å². The largest absolute Gasteiger partial charge is 0.314 e. The maximum atomic E-state index is 13.0. The third kappa shape index (κ3) is 3.97. The van der Waals surface area contributed by atoms with E-state index in [0.29, 0.717) is 17.0 Å².